The van der Waals surface area contributed by atoms with E-state index in [0.717, 1.165) is 5.56 Å². The summed E-state index contributed by atoms with van der Waals surface area (Å²) in [5.41, 5.74) is 4.84. The SMILES string of the molecule is O=C1/C2=C(\OCc3ccccc3)COC/C=C\N2N[C@@H]2COCCN12. The fraction of sp³-hybridized carbons (Fsp3) is 0.389. The second kappa shape index (κ2) is 7.26. The number of hydrazine groups is 1. The molecule has 7 heteroatoms. The molecule has 2 saturated heterocycles. The van der Waals surface area contributed by atoms with Crippen molar-refractivity contribution in [3.8, 4) is 0 Å². The van der Waals surface area contributed by atoms with Gasteiger partial charge in [-0.15, -0.1) is 0 Å². The summed E-state index contributed by atoms with van der Waals surface area (Å²) in [4.78, 5) is 14.8. The number of hydrogen-bond acceptors (Lipinski definition) is 6. The van der Waals surface area contributed by atoms with E-state index in [2.05, 4.69) is 5.43 Å². The number of amides is 1. The van der Waals surface area contributed by atoms with E-state index in [-0.39, 0.29) is 18.7 Å². The Morgan fingerprint density at radius 1 is 1.24 bits per heavy atom. The first kappa shape index (κ1) is 16.1. The van der Waals surface area contributed by atoms with Crippen molar-refractivity contribution in [1.82, 2.24) is 15.3 Å². The van der Waals surface area contributed by atoms with Crippen molar-refractivity contribution >= 4 is 5.91 Å². The van der Waals surface area contributed by atoms with Crippen molar-refractivity contribution < 1.29 is 19.0 Å². The van der Waals surface area contributed by atoms with Crippen LogP contribution in [-0.2, 0) is 25.6 Å². The maximum Gasteiger partial charge on any atom is 0.277 e. The summed E-state index contributed by atoms with van der Waals surface area (Å²) in [5, 5.41) is 1.74. The molecule has 1 amide bonds. The number of rotatable bonds is 3. The Kier molecular flexibility index (Phi) is 4.69. The molecule has 0 bridgehead atoms. The summed E-state index contributed by atoms with van der Waals surface area (Å²) in [6.07, 6.45) is 3.52. The van der Waals surface area contributed by atoms with E-state index >= 15 is 0 Å². The highest BCUT2D eigenvalue weighted by Gasteiger charge is 2.39. The largest absolute Gasteiger partial charge is 0.488 e. The molecule has 0 unspecified atom stereocenters. The Hall–Kier alpha value is -2.35. The average molecular weight is 343 g/mol. The summed E-state index contributed by atoms with van der Waals surface area (Å²) >= 11 is 0. The van der Waals surface area contributed by atoms with E-state index in [1.165, 1.54) is 0 Å². The molecule has 0 spiro atoms. The zero-order valence-corrected chi connectivity index (χ0v) is 13.9. The van der Waals surface area contributed by atoms with Gasteiger partial charge in [0.15, 0.2) is 11.5 Å². The highest BCUT2D eigenvalue weighted by Crippen LogP contribution is 2.24. The minimum Gasteiger partial charge on any atom is -0.488 e. The maximum atomic E-state index is 13.0. The molecule has 3 aliphatic rings. The zero-order valence-electron chi connectivity index (χ0n) is 13.9. The van der Waals surface area contributed by atoms with Crippen LogP contribution in [0.5, 0.6) is 0 Å². The molecule has 0 aromatic heterocycles. The van der Waals surface area contributed by atoms with Crippen LogP contribution in [0.3, 0.4) is 0 Å². The van der Waals surface area contributed by atoms with Crippen molar-refractivity contribution in [2.75, 3.05) is 33.0 Å². The number of carbonyl (C=O) groups excluding carboxylic acids is 1. The Morgan fingerprint density at radius 3 is 3.00 bits per heavy atom. The van der Waals surface area contributed by atoms with Crippen LogP contribution in [0, 0.1) is 0 Å². The van der Waals surface area contributed by atoms with Crippen molar-refractivity contribution in [2.24, 2.45) is 0 Å². The minimum atomic E-state index is -0.162. The number of hydrogen-bond donors (Lipinski definition) is 1. The van der Waals surface area contributed by atoms with Gasteiger partial charge in [0.05, 0.1) is 19.8 Å². The van der Waals surface area contributed by atoms with Crippen LogP contribution in [-0.4, -0.2) is 55.0 Å². The molecule has 132 valence electrons. The normalized spacial score (nSPS) is 27.8. The van der Waals surface area contributed by atoms with Crippen molar-refractivity contribution in [1.29, 1.82) is 0 Å². The second-order valence-electron chi connectivity index (χ2n) is 6.03. The molecule has 0 aliphatic carbocycles. The van der Waals surface area contributed by atoms with Crippen molar-refractivity contribution in [3.63, 3.8) is 0 Å². The van der Waals surface area contributed by atoms with E-state index in [0.29, 0.717) is 44.4 Å². The summed E-state index contributed by atoms with van der Waals surface area (Å²) < 4.78 is 17.0. The third-order valence-corrected chi connectivity index (χ3v) is 4.34. The van der Waals surface area contributed by atoms with E-state index in [1.807, 2.05) is 42.6 Å². The maximum absolute atomic E-state index is 13.0. The quantitative estimate of drug-likeness (QED) is 0.882. The van der Waals surface area contributed by atoms with Gasteiger partial charge in [0.25, 0.3) is 5.91 Å². The predicted octanol–water partition coefficient (Wildman–Crippen LogP) is 0.964. The average Bonchev–Trinajstić information content (AvgIpc) is 2.63. The lowest BCUT2D eigenvalue weighted by molar-refractivity contribution is -0.148. The van der Waals surface area contributed by atoms with Gasteiger partial charge in [-0.2, -0.15) is 0 Å². The van der Waals surface area contributed by atoms with Crippen LogP contribution in [0.4, 0.5) is 0 Å². The first-order chi connectivity index (χ1) is 12.3. The number of nitrogens with zero attached hydrogens (tertiary/aromatic N) is 2. The predicted molar refractivity (Wildman–Crippen MR) is 89.5 cm³/mol. The van der Waals surface area contributed by atoms with Gasteiger partial charge >= 0.3 is 0 Å². The topological polar surface area (TPSA) is 63.3 Å². The molecular weight excluding hydrogens is 322 g/mol. The highest BCUT2D eigenvalue weighted by molar-refractivity contribution is 5.94. The summed E-state index contributed by atoms with van der Waals surface area (Å²) in [7, 11) is 0. The molecule has 1 aromatic rings. The standard InChI is InChI=1S/C18H21N3O4/c22-18-17-15(25-11-14-5-2-1-3-6-14)12-23-9-4-7-21(17)19-16-13-24-10-8-20(16)18/h1-7,16,19H,8-13H2/b7-4-,17-15+/t16-/m0/s1. The lowest BCUT2D eigenvalue weighted by Gasteiger charge is -2.45. The lowest BCUT2D eigenvalue weighted by Crippen LogP contribution is -2.65. The summed E-state index contributed by atoms with van der Waals surface area (Å²) in [5.74, 6) is 0.473. The van der Waals surface area contributed by atoms with Gasteiger partial charge in [0.2, 0.25) is 0 Å². The lowest BCUT2D eigenvalue weighted by atomic mass is 10.2. The number of ether oxygens (including phenoxy) is 3. The van der Waals surface area contributed by atoms with Gasteiger partial charge in [0.1, 0.15) is 19.4 Å². The van der Waals surface area contributed by atoms with Crippen LogP contribution in [0.25, 0.3) is 0 Å². The molecule has 0 radical (unpaired) electrons. The first-order valence-corrected chi connectivity index (χ1v) is 8.41. The molecule has 1 aromatic carbocycles. The van der Waals surface area contributed by atoms with E-state index in [1.54, 1.807) is 9.91 Å². The van der Waals surface area contributed by atoms with Crippen LogP contribution in [0.2, 0.25) is 0 Å². The molecule has 2 fully saturated rings. The second-order valence-corrected chi connectivity index (χ2v) is 6.03. The molecule has 4 rings (SSSR count). The number of benzene rings is 1. The van der Waals surface area contributed by atoms with Gasteiger partial charge < -0.3 is 19.1 Å². The minimum absolute atomic E-state index is 0.0646. The monoisotopic (exact) mass is 343 g/mol. The van der Waals surface area contributed by atoms with Crippen LogP contribution >= 0.6 is 0 Å². The van der Waals surface area contributed by atoms with E-state index in [9.17, 15) is 4.79 Å². The molecule has 0 saturated carbocycles. The fourth-order valence-electron chi connectivity index (χ4n) is 3.08. The van der Waals surface area contributed by atoms with Gasteiger partial charge in [-0.3, -0.25) is 9.80 Å². The summed E-state index contributed by atoms with van der Waals surface area (Å²) in [6.45, 7) is 2.68. The van der Waals surface area contributed by atoms with Gasteiger partial charge in [-0.05, 0) is 11.6 Å². The smallest absolute Gasteiger partial charge is 0.277 e. The molecule has 1 N–H and O–H groups in total. The molecule has 25 heavy (non-hydrogen) atoms. The molecule has 7 nitrogen and oxygen atoms in total. The van der Waals surface area contributed by atoms with Crippen LogP contribution in [0.15, 0.2) is 54.1 Å². The number of carbonyl (C=O) groups is 1. The van der Waals surface area contributed by atoms with Crippen LogP contribution < -0.4 is 5.43 Å². The summed E-state index contributed by atoms with van der Waals surface area (Å²) in [6, 6.07) is 9.87. The number of morpholine rings is 1. The molecular formula is C18H21N3O4. The molecule has 3 heterocycles. The van der Waals surface area contributed by atoms with Gasteiger partial charge in [-0.1, -0.05) is 30.3 Å². The first-order valence-electron chi connectivity index (χ1n) is 8.41. The Bertz CT molecular complexity index is 689. The van der Waals surface area contributed by atoms with E-state index < -0.39 is 0 Å². The molecule has 1 atom stereocenters. The fourth-order valence-corrected chi connectivity index (χ4v) is 3.08. The zero-order chi connectivity index (χ0) is 17.1. The van der Waals surface area contributed by atoms with Gasteiger partial charge in [-0.25, -0.2) is 5.43 Å². The highest BCUT2D eigenvalue weighted by atomic mass is 16.5. The van der Waals surface area contributed by atoms with E-state index in [4.69, 9.17) is 14.2 Å². The van der Waals surface area contributed by atoms with Gasteiger partial charge in [0, 0.05) is 12.7 Å². The Balaban J connectivity index is 1.62. The number of fused-ring (bicyclic) bond motifs is 2. The third kappa shape index (κ3) is 3.39. The van der Waals surface area contributed by atoms with Crippen molar-refractivity contribution in [2.45, 2.75) is 12.8 Å². The van der Waals surface area contributed by atoms with Crippen molar-refractivity contribution in [3.05, 3.63) is 59.6 Å². The number of nitrogens with one attached hydrogen (secondary N) is 1. The Morgan fingerprint density at radius 2 is 2.12 bits per heavy atom. The molecule has 3 aliphatic heterocycles. The van der Waals surface area contributed by atoms with Crippen LogP contribution in [0.1, 0.15) is 5.56 Å². The third-order valence-electron chi connectivity index (χ3n) is 4.34. The Labute approximate surface area is 146 Å².